The summed E-state index contributed by atoms with van der Waals surface area (Å²) in [5.41, 5.74) is 0. The molecule has 1 unspecified atom stereocenters. The zero-order valence-electron chi connectivity index (χ0n) is 38.3. The van der Waals surface area contributed by atoms with Crippen LogP contribution in [0.25, 0.3) is 0 Å². The molecule has 0 aliphatic heterocycles. The molecule has 0 radical (unpaired) electrons. The third-order valence-corrected chi connectivity index (χ3v) is 12.0. The fourth-order valence-corrected chi connectivity index (χ4v) is 8.04. The molecule has 0 amide bonds. The molecular formula is C46H80O16P2. The Labute approximate surface area is 381 Å². The number of phosphoric ester groups is 2. The summed E-state index contributed by atoms with van der Waals surface area (Å²) in [4.78, 5) is 65.6. The van der Waals surface area contributed by atoms with Crippen LogP contribution in [0.2, 0.25) is 0 Å². The van der Waals surface area contributed by atoms with Crippen LogP contribution in [-0.4, -0.2) is 98.6 Å². The average Bonchev–Trinajstić information content (AvgIpc) is 3.51. The van der Waals surface area contributed by atoms with Crippen molar-refractivity contribution < 1.29 is 76.6 Å². The summed E-state index contributed by atoms with van der Waals surface area (Å²) in [7, 11) is -9.78. The molecule has 1 fully saturated rings. The first-order chi connectivity index (χ1) is 30.6. The third-order valence-electron chi connectivity index (χ3n) is 10.5. The van der Waals surface area contributed by atoms with E-state index in [-0.39, 0.29) is 31.0 Å². The van der Waals surface area contributed by atoms with Gasteiger partial charge in [-0.1, -0.05) is 127 Å². The van der Waals surface area contributed by atoms with Gasteiger partial charge in [-0.05, 0) is 64.2 Å². The quantitative estimate of drug-likeness (QED) is 0.0145. The Morgan fingerprint density at radius 2 is 1.25 bits per heavy atom. The summed E-state index contributed by atoms with van der Waals surface area (Å²) in [6, 6.07) is 0. The Kier molecular flexibility index (Phi) is 34.3. The molecule has 0 aromatic rings. The van der Waals surface area contributed by atoms with Crippen LogP contribution in [0, 0.1) is 11.8 Å². The molecule has 1 aliphatic rings. The van der Waals surface area contributed by atoms with E-state index in [0.29, 0.717) is 32.1 Å². The van der Waals surface area contributed by atoms with E-state index in [2.05, 4.69) is 47.2 Å². The van der Waals surface area contributed by atoms with Crippen LogP contribution in [0.5, 0.6) is 0 Å². The maximum atomic E-state index is 12.7. The van der Waals surface area contributed by atoms with Crippen molar-refractivity contribution >= 4 is 33.4 Å². The van der Waals surface area contributed by atoms with E-state index in [4.69, 9.17) is 23.8 Å². The van der Waals surface area contributed by atoms with Gasteiger partial charge in [0.15, 0.2) is 6.10 Å². The van der Waals surface area contributed by atoms with E-state index in [1.165, 1.54) is 19.3 Å². The Morgan fingerprint density at radius 3 is 1.92 bits per heavy atom. The topological polar surface area (TPSA) is 253 Å². The van der Waals surface area contributed by atoms with E-state index in [1.807, 2.05) is 12.2 Å². The highest BCUT2D eigenvalue weighted by Gasteiger charge is 2.39. The Balaban J connectivity index is 2.55. The summed E-state index contributed by atoms with van der Waals surface area (Å²) in [6.07, 6.45) is 30.3. The molecule has 0 aromatic carbocycles. The lowest BCUT2D eigenvalue weighted by Crippen LogP contribution is -2.30. The number of rotatable bonds is 40. The van der Waals surface area contributed by atoms with E-state index in [0.717, 1.165) is 77.0 Å². The van der Waals surface area contributed by atoms with Gasteiger partial charge in [0.25, 0.3) is 0 Å². The number of esters is 2. The van der Waals surface area contributed by atoms with Gasteiger partial charge < -0.3 is 39.5 Å². The molecule has 0 heterocycles. The number of phosphoric acid groups is 2. The fourth-order valence-electron chi connectivity index (χ4n) is 6.89. The normalized spacial score (nSPS) is 19.6. The van der Waals surface area contributed by atoms with Crippen LogP contribution in [0.15, 0.2) is 48.6 Å². The molecule has 7 atom stereocenters. The molecule has 0 spiro atoms. The van der Waals surface area contributed by atoms with Gasteiger partial charge in [-0.15, -0.1) is 0 Å². The van der Waals surface area contributed by atoms with Gasteiger partial charge in [-0.25, -0.2) is 9.13 Å². The van der Waals surface area contributed by atoms with Gasteiger partial charge in [0.1, 0.15) is 18.5 Å². The number of aliphatic hydroxyl groups excluding tert-OH is 3. The third kappa shape index (κ3) is 33.2. The lowest BCUT2D eigenvalue weighted by atomic mass is 9.90. The number of ketones is 1. The summed E-state index contributed by atoms with van der Waals surface area (Å²) in [5.74, 6) is -2.08. The number of ether oxygens (including phenoxy) is 2. The maximum absolute atomic E-state index is 12.7. The highest BCUT2D eigenvalue weighted by atomic mass is 31.2. The summed E-state index contributed by atoms with van der Waals surface area (Å²) in [5, 5.41) is 30.5. The van der Waals surface area contributed by atoms with Crippen molar-refractivity contribution in [2.45, 2.75) is 186 Å². The second kappa shape index (κ2) is 36.7. The first kappa shape index (κ1) is 59.7. The second-order valence-electron chi connectivity index (χ2n) is 16.5. The highest BCUT2D eigenvalue weighted by molar-refractivity contribution is 7.47. The smallest absolute Gasteiger partial charge is 0.462 e. The lowest BCUT2D eigenvalue weighted by molar-refractivity contribution is -0.161. The number of carbonyl (C=O) groups is 3. The van der Waals surface area contributed by atoms with Gasteiger partial charge in [0.2, 0.25) is 0 Å². The Hall–Kier alpha value is -2.33. The Morgan fingerprint density at radius 1 is 0.688 bits per heavy atom. The molecule has 1 aliphatic carbocycles. The molecule has 370 valence electrons. The van der Waals surface area contributed by atoms with Gasteiger partial charge in [0.05, 0.1) is 32.0 Å². The van der Waals surface area contributed by atoms with Crippen LogP contribution in [0.1, 0.15) is 162 Å². The average molecular weight is 951 g/mol. The molecule has 18 heteroatoms. The van der Waals surface area contributed by atoms with E-state index >= 15 is 0 Å². The molecule has 0 bridgehead atoms. The van der Waals surface area contributed by atoms with Crippen molar-refractivity contribution in [2.75, 3.05) is 26.4 Å². The zero-order chi connectivity index (χ0) is 47.5. The standard InChI is InChI=1S/C46H80O16P2/c1-3-5-7-8-9-10-11-12-13-14-15-16-17-18-19-20-26-30-46(52)62-40(37-61-64(56,57)60-35-39(48)34-59-63(53,54)55)36-58-45(51)29-25-22-21-24-28-41-42(44(50)33-43(41)49)32-31-38(47)27-23-6-4-2/h9-10,12-13,21,24,31-32,38-42,44,47-48,50H,3-8,11,14-20,22-23,25-30,33-37H2,1-2H3,(H,56,57)(H2,53,54,55)/b10-9-,13-12-,24-21-,32-31+/t38-,39-,40+,41+,42+,44+/m0/s1. The minimum atomic E-state index is -4.90. The number of Topliss-reactive ketones (excluding diaryl/α,β-unsaturated/α-hetero) is 1. The van der Waals surface area contributed by atoms with Gasteiger partial charge >= 0.3 is 27.6 Å². The number of allylic oxidation sites excluding steroid dienone is 6. The number of unbranched alkanes of at least 4 members (excludes halogenated alkanes) is 13. The van der Waals surface area contributed by atoms with Crippen molar-refractivity contribution in [3.8, 4) is 0 Å². The second-order valence-corrected chi connectivity index (χ2v) is 19.1. The monoisotopic (exact) mass is 950 g/mol. The van der Waals surface area contributed by atoms with Crippen molar-refractivity contribution in [3.63, 3.8) is 0 Å². The van der Waals surface area contributed by atoms with Crippen LogP contribution in [0.3, 0.4) is 0 Å². The van der Waals surface area contributed by atoms with Gasteiger partial charge in [0, 0.05) is 31.1 Å². The van der Waals surface area contributed by atoms with E-state index in [9.17, 15) is 43.7 Å². The molecule has 1 rings (SSSR count). The molecule has 0 aromatic heterocycles. The summed E-state index contributed by atoms with van der Waals surface area (Å²) >= 11 is 0. The first-order valence-electron chi connectivity index (χ1n) is 23.4. The fraction of sp³-hybridized carbons (Fsp3) is 0.761. The minimum absolute atomic E-state index is 0.00204. The number of hydrogen-bond acceptors (Lipinski definition) is 13. The molecule has 6 N–H and O–H groups in total. The number of aliphatic hydroxyl groups is 3. The van der Waals surface area contributed by atoms with Crippen molar-refractivity contribution in [1.29, 1.82) is 0 Å². The number of hydrogen-bond donors (Lipinski definition) is 6. The van der Waals surface area contributed by atoms with Crippen LogP contribution >= 0.6 is 15.6 Å². The maximum Gasteiger partial charge on any atom is 0.472 e. The van der Waals surface area contributed by atoms with Crippen LogP contribution < -0.4 is 0 Å². The predicted octanol–water partition coefficient (Wildman–Crippen LogP) is 8.82. The predicted molar refractivity (Wildman–Crippen MR) is 245 cm³/mol. The molecule has 64 heavy (non-hydrogen) atoms. The van der Waals surface area contributed by atoms with Crippen molar-refractivity contribution in [2.24, 2.45) is 11.8 Å². The van der Waals surface area contributed by atoms with E-state index < -0.39 is 84.3 Å². The molecule has 16 nitrogen and oxygen atoms in total. The largest absolute Gasteiger partial charge is 0.472 e. The van der Waals surface area contributed by atoms with Gasteiger partial charge in [-0.3, -0.25) is 28.0 Å². The molecule has 1 saturated carbocycles. The van der Waals surface area contributed by atoms with Crippen molar-refractivity contribution in [1.82, 2.24) is 0 Å². The number of carbonyl (C=O) groups excluding carboxylic acids is 3. The molecular weight excluding hydrogens is 870 g/mol. The minimum Gasteiger partial charge on any atom is -0.462 e. The van der Waals surface area contributed by atoms with Crippen LogP contribution in [-0.2, 0) is 46.6 Å². The molecule has 0 saturated heterocycles. The van der Waals surface area contributed by atoms with E-state index in [1.54, 1.807) is 12.2 Å². The Bertz CT molecular complexity index is 1480. The first-order valence-corrected chi connectivity index (χ1v) is 26.5. The van der Waals surface area contributed by atoms with Gasteiger partial charge in [-0.2, -0.15) is 0 Å². The highest BCUT2D eigenvalue weighted by Crippen LogP contribution is 2.44. The lowest BCUT2D eigenvalue weighted by Gasteiger charge is -2.20. The zero-order valence-corrected chi connectivity index (χ0v) is 40.1. The summed E-state index contributed by atoms with van der Waals surface area (Å²) in [6.45, 7) is 1.32. The summed E-state index contributed by atoms with van der Waals surface area (Å²) < 4.78 is 47.8. The SMILES string of the molecule is CCCCC/C=C\C/C=C\CCCCCCCCCC(=O)O[C@H](COC(=O)CCC/C=C\C[C@H]1C(=O)C[C@@H](O)[C@@H]1/C=C/[C@@H](O)CCCCC)COP(=O)(O)OC[C@@H](O)COP(=O)(O)O. The van der Waals surface area contributed by atoms with Crippen LogP contribution in [0.4, 0.5) is 0 Å². The van der Waals surface area contributed by atoms with Crippen molar-refractivity contribution in [3.05, 3.63) is 48.6 Å².